The van der Waals surface area contributed by atoms with E-state index in [4.69, 9.17) is 0 Å². The number of benzene rings is 1. The van der Waals surface area contributed by atoms with E-state index in [1.165, 1.54) is 5.56 Å². The maximum Gasteiger partial charge on any atom is 0.125 e. The van der Waals surface area contributed by atoms with Crippen LogP contribution in [0.15, 0.2) is 36.7 Å². The predicted molar refractivity (Wildman–Crippen MR) is 65.1 cm³/mol. The number of H-pyrrole nitrogens is 1. The molecule has 0 atom stereocenters. The number of aromatic amines is 1. The normalized spacial score (nSPS) is 10.3. The minimum atomic E-state index is 0.718. The minimum Gasteiger partial charge on any atom is -0.378 e. The van der Waals surface area contributed by atoms with Crippen LogP contribution in [0.5, 0.6) is 0 Å². The average molecular weight is 216 g/mol. The van der Waals surface area contributed by atoms with E-state index in [2.05, 4.69) is 44.9 Å². The van der Waals surface area contributed by atoms with E-state index in [0.29, 0.717) is 0 Å². The summed E-state index contributed by atoms with van der Waals surface area (Å²) in [7, 11) is 1.95. The van der Waals surface area contributed by atoms with E-state index < -0.39 is 0 Å². The molecule has 2 rings (SSSR count). The van der Waals surface area contributed by atoms with Gasteiger partial charge in [-0.3, -0.25) is 0 Å². The minimum absolute atomic E-state index is 0.718. The molecule has 0 aliphatic carbocycles. The molecule has 0 bridgehead atoms. The summed E-state index contributed by atoms with van der Waals surface area (Å²) >= 11 is 0. The van der Waals surface area contributed by atoms with Crippen LogP contribution >= 0.6 is 0 Å². The van der Waals surface area contributed by atoms with Crippen molar-refractivity contribution in [3.05, 3.63) is 48.0 Å². The van der Waals surface area contributed by atoms with Crippen LogP contribution < -0.4 is 10.6 Å². The molecule has 84 valence electrons. The number of rotatable bonds is 5. The van der Waals surface area contributed by atoms with Gasteiger partial charge in [0.1, 0.15) is 5.82 Å². The van der Waals surface area contributed by atoms with Crippen molar-refractivity contribution in [1.82, 2.24) is 15.3 Å². The van der Waals surface area contributed by atoms with Gasteiger partial charge in [-0.15, -0.1) is 0 Å². The Labute approximate surface area is 95.1 Å². The molecule has 1 heterocycles. The topological polar surface area (TPSA) is 52.7 Å². The van der Waals surface area contributed by atoms with E-state index in [-0.39, 0.29) is 0 Å². The van der Waals surface area contributed by atoms with Crippen LogP contribution in [0.2, 0.25) is 0 Å². The van der Waals surface area contributed by atoms with E-state index in [1.54, 1.807) is 6.20 Å². The standard InChI is InChI=1S/C12H16N4/c1-13-8-10-3-2-4-11(7-10)16-9-12-14-5-6-15-12/h2-7,13,16H,8-9H2,1H3,(H,14,15). The number of hydrogen-bond donors (Lipinski definition) is 3. The highest BCUT2D eigenvalue weighted by molar-refractivity contribution is 5.45. The number of nitrogens with zero attached hydrogens (tertiary/aromatic N) is 1. The molecule has 1 aromatic heterocycles. The summed E-state index contributed by atoms with van der Waals surface area (Å²) in [6.07, 6.45) is 3.59. The zero-order chi connectivity index (χ0) is 11.2. The fraction of sp³-hybridized carbons (Fsp3) is 0.250. The molecular formula is C12H16N4. The monoisotopic (exact) mass is 216 g/mol. The van der Waals surface area contributed by atoms with Crippen LogP contribution in [0, 0.1) is 0 Å². The Balaban J connectivity index is 1.96. The maximum absolute atomic E-state index is 4.16. The highest BCUT2D eigenvalue weighted by atomic mass is 15.0. The second-order valence-corrected chi connectivity index (χ2v) is 3.62. The smallest absolute Gasteiger partial charge is 0.125 e. The van der Waals surface area contributed by atoms with Crippen molar-refractivity contribution >= 4 is 5.69 Å². The van der Waals surface area contributed by atoms with Gasteiger partial charge in [0.25, 0.3) is 0 Å². The Hall–Kier alpha value is -1.81. The molecule has 2 aromatic rings. The molecule has 0 fully saturated rings. The number of anilines is 1. The Kier molecular flexibility index (Phi) is 3.56. The molecule has 3 N–H and O–H groups in total. The Morgan fingerprint density at radius 1 is 1.31 bits per heavy atom. The molecule has 4 nitrogen and oxygen atoms in total. The van der Waals surface area contributed by atoms with Gasteiger partial charge in [-0.05, 0) is 24.7 Å². The first-order valence-electron chi connectivity index (χ1n) is 5.34. The van der Waals surface area contributed by atoms with Gasteiger partial charge >= 0.3 is 0 Å². The van der Waals surface area contributed by atoms with E-state index in [1.807, 2.05) is 13.2 Å². The Morgan fingerprint density at radius 3 is 3.00 bits per heavy atom. The first kappa shape index (κ1) is 10.7. The average Bonchev–Trinajstić information content (AvgIpc) is 2.80. The van der Waals surface area contributed by atoms with Gasteiger partial charge in [0.05, 0.1) is 6.54 Å². The Morgan fingerprint density at radius 2 is 2.25 bits per heavy atom. The van der Waals surface area contributed by atoms with E-state index in [0.717, 1.165) is 24.6 Å². The molecule has 0 unspecified atom stereocenters. The van der Waals surface area contributed by atoms with Gasteiger partial charge in [0, 0.05) is 24.6 Å². The van der Waals surface area contributed by atoms with Crippen molar-refractivity contribution in [2.75, 3.05) is 12.4 Å². The molecule has 1 aromatic carbocycles. The summed E-state index contributed by atoms with van der Waals surface area (Å²) < 4.78 is 0. The van der Waals surface area contributed by atoms with E-state index >= 15 is 0 Å². The highest BCUT2D eigenvalue weighted by Crippen LogP contribution is 2.11. The number of hydrogen-bond acceptors (Lipinski definition) is 3. The highest BCUT2D eigenvalue weighted by Gasteiger charge is 1.96. The molecule has 0 aliphatic rings. The lowest BCUT2D eigenvalue weighted by Crippen LogP contribution is -2.06. The van der Waals surface area contributed by atoms with Crippen molar-refractivity contribution < 1.29 is 0 Å². The first-order chi connectivity index (χ1) is 7.88. The molecule has 0 aliphatic heterocycles. The number of nitrogens with one attached hydrogen (secondary N) is 3. The molecular weight excluding hydrogens is 200 g/mol. The quantitative estimate of drug-likeness (QED) is 0.713. The van der Waals surface area contributed by atoms with E-state index in [9.17, 15) is 0 Å². The molecule has 0 spiro atoms. The van der Waals surface area contributed by atoms with Crippen LogP contribution in [0.4, 0.5) is 5.69 Å². The fourth-order valence-electron chi connectivity index (χ4n) is 1.58. The van der Waals surface area contributed by atoms with Crippen molar-refractivity contribution in [3.63, 3.8) is 0 Å². The van der Waals surface area contributed by atoms with Crippen LogP contribution in [-0.2, 0) is 13.1 Å². The van der Waals surface area contributed by atoms with Crippen LogP contribution in [-0.4, -0.2) is 17.0 Å². The molecule has 16 heavy (non-hydrogen) atoms. The first-order valence-corrected chi connectivity index (χ1v) is 5.34. The van der Waals surface area contributed by atoms with Crippen molar-refractivity contribution in [2.24, 2.45) is 0 Å². The fourth-order valence-corrected chi connectivity index (χ4v) is 1.58. The van der Waals surface area contributed by atoms with Crippen molar-refractivity contribution in [1.29, 1.82) is 0 Å². The zero-order valence-electron chi connectivity index (χ0n) is 9.33. The largest absolute Gasteiger partial charge is 0.378 e. The summed E-state index contributed by atoms with van der Waals surface area (Å²) in [5.74, 6) is 0.944. The van der Waals surface area contributed by atoms with Gasteiger partial charge in [-0.25, -0.2) is 4.98 Å². The SMILES string of the molecule is CNCc1cccc(NCc2ncc[nH]2)c1. The van der Waals surface area contributed by atoms with Gasteiger partial charge in [0.15, 0.2) is 0 Å². The van der Waals surface area contributed by atoms with Crippen molar-refractivity contribution in [3.8, 4) is 0 Å². The number of aromatic nitrogens is 2. The lowest BCUT2D eigenvalue weighted by atomic mass is 10.2. The second-order valence-electron chi connectivity index (χ2n) is 3.62. The second kappa shape index (κ2) is 5.32. The van der Waals surface area contributed by atoms with Gasteiger partial charge in [-0.2, -0.15) is 0 Å². The van der Waals surface area contributed by atoms with Crippen LogP contribution in [0.3, 0.4) is 0 Å². The van der Waals surface area contributed by atoms with Crippen LogP contribution in [0.25, 0.3) is 0 Å². The third-order valence-corrected chi connectivity index (χ3v) is 2.32. The summed E-state index contributed by atoms with van der Waals surface area (Å²) in [5.41, 5.74) is 2.39. The third-order valence-electron chi connectivity index (χ3n) is 2.32. The molecule has 0 radical (unpaired) electrons. The maximum atomic E-state index is 4.16. The Bertz CT molecular complexity index is 422. The summed E-state index contributed by atoms with van der Waals surface area (Å²) in [6.45, 7) is 1.60. The molecule has 0 saturated heterocycles. The third kappa shape index (κ3) is 2.84. The van der Waals surface area contributed by atoms with Gasteiger partial charge < -0.3 is 15.6 Å². The summed E-state index contributed by atoms with van der Waals surface area (Å²) in [5, 5.41) is 6.46. The summed E-state index contributed by atoms with van der Waals surface area (Å²) in [6, 6.07) is 8.35. The lowest BCUT2D eigenvalue weighted by molar-refractivity contribution is 0.818. The van der Waals surface area contributed by atoms with Crippen molar-refractivity contribution in [2.45, 2.75) is 13.1 Å². The summed E-state index contributed by atoms with van der Waals surface area (Å²) in [4.78, 5) is 7.22. The molecule has 4 heteroatoms. The predicted octanol–water partition coefficient (Wildman–Crippen LogP) is 1.74. The van der Waals surface area contributed by atoms with Gasteiger partial charge in [0.2, 0.25) is 0 Å². The molecule has 0 saturated carbocycles. The lowest BCUT2D eigenvalue weighted by Gasteiger charge is -2.06. The zero-order valence-corrected chi connectivity index (χ0v) is 9.33. The van der Waals surface area contributed by atoms with Gasteiger partial charge in [-0.1, -0.05) is 12.1 Å². The van der Waals surface area contributed by atoms with Crippen LogP contribution in [0.1, 0.15) is 11.4 Å². The molecule has 0 amide bonds. The number of imidazole rings is 1.